The van der Waals surface area contributed by atoms with Crippen molar-refractivity contribution in [3.8, 4) is 11.4 Å². The molecule has 1 saturated heterocycles. The van der Waals surface area contributed by atoms with Gasteiger partial charge in [-0.3, -0.25) is 4.79 Å². The fourth-order valence-electron chi connectivity index (χ4n) is 4.45. The summed E-state index contributed by atoms with van der Waals surface area (Å²) in [5.74, 6) is -4.10. The molecule has 9 heteroatoms. The number of nitrogens with zero attached hydrogens (tertiary/aromatic N) is 3. The minimum Gasteiger partial charge on any atom is -0.495 e. The summed E-state index contributed by atoms with van der Waals surface area (Å²) in [5.41, 5.74) is 2.87. The van der Waals surface area contributed by atoms with Crippen molar-refractivity contribution in [1.82, 2.24) is 14.5 Å². The lowest BCUT2D eigenvalue weighted by molar-refractivity contribution is -0.133. The van der Waals surface area contributed by atoms with Crippen LogP contribution >= 0.6 is 0 Å². The molecule has 0 bridgehead atoms. The Bertz CT molecular complexity index is 1260. The number of halogens is 3. The molecule has 0 saturated carbocycles. The largest absolute Gasteiger partial charge is 0.495 e. The summed E-state index contributed by atoms with van der Waals surface area (Å²) in [6.45, 7) is 3.60. The topological polar surface area (TPSA) is 67.6 Å². The monoisotopic (exact) mass is 485 g/mol. The molecule has 1 aliphatic rings. The summed E-state index contributed by atoms with van der Waals surface area (Å²) in [5, 5.41) is 10.4. The second-order valence-electron chi connectivity index (χ2n) is 8.61. The molecule has 184 valence electrons. The zero-order chi connectivity index (χ0) is 25.3. The lowest BCUT2D eigenvalue weighted by Gasteiger charge is -2.37. The fourth-order valence-corrected chi connectivity index (χ4v) is 4.45. The van der Waals surface area contributed by atoms with Gasteiger partial charge in [0.15, 0.2) is 17.5 Å². The van der Waals surface area contributed by atoms with Gasteiger partial charge in [0.2, 0.25) is 5.91 Å². The molecule has 0 radical (unpaired) electrons. The van der Waals surface area contributed by atoms with Crippen molar-refractivity contribution in [1.29, 1.82) is 0 Å². The Kier molecular flexibility index (Phi) is 6.98. The van der Waals surface area contributed by atoms with Crippen molar-refractivity contribution in [2.75, 3.05) is 13.7 Å². The van der Waals surface area contributed by atoms with Gasteiger partial charge in [-0.15, -0.1) is 0 Å². The Labute approximate surface area is 201 Å². The van der Waals surface area contributed by atoms with Crippen molar-refractivity contribution in [2.24, 2.45) is 0 Å². The highest BCUT2D eigenvalue weighted by Gasteiger charge is 2.34. The van der Waals surface area contributed by atoms with Crippen LogP contribution in [0.5, 0.6) is 5.75 Å². The maximum absolute atomic E-state index is 13.9. The van der Waals surface area contributed by atoms with E-state index in [1.807, 2.05) is 29.8 Å². The molecule has 3 aromatic rings. The molecule has 0 unspecified atom stereocenters. The molecule has 0 aliphatic carbocycles. The third-order valence-corrected chi connectivity index (χ3v) is 6.06. The summed E-state index contributed by atoms with van der Waals surface area (Å²) in [6, 6.07) is 6.13. The first kappa shape index (κ1) is 24.5. The van der Waals surface area contributed by atoms with Crippen LogP contribution < -0.4 is 4.74 Å². The number of hydrogen-bond acceptors (Lipinski definition) is 4. The van der Waals surface area contributed by atoms with Crippen LogP contribution in [0.1, 0.15) is 42.6 Å². The number of carbonyl (C=O) groups excluding carboxylic acids is 1. The number of methoxy groups -OCH3 is 1. The highest BCUT2D eigenvalue weighted by Crippen LogP contribution is 2.33. The van der Waals surface area contributed by atoms with Gasteiger partial charge in [-0.2, -0.15) is 0 Å². The van der Waals surface area contributed by atoms with Crippen LogP contribution in [0.25, 0.3) is 11.8 Å². The highest BCUT2D eigenvalue weighted by molar-refractivity contribution is 5.99. The summed E-state index contributed by atoms with van der Waals surface area (Å²) in [6.07, 6.45) is 5.25. The Morgan fingerprint density at radius 3 is 2.49 bits per heavy atom. The minimum atomic E-state index is -1.59. The van der Waals surface area contributed by atoms with E-state index in [1.54, 1.807) is 25.6 Å². The Morgan fingerprint density at radius 2 is 1.89 bits per heavy atom. The zero-order valence-corrected chi connectivity index (χ0v) is 19.6. The lowest BCUT2D eigenvalue weighted by Crippen LogP contribution is -2.43. The molecule has 35 heavy (non-hydrogen) atoms. The van der Waals surface area contributed by atoms with Crippen LogP contribution in [0.2, 0.25) is 0 Å². The molecule has 6 nitrogen and oxygen atoms in total. The first-order chi connectivity index (χ1) is 16.7. The van der Waals surface area contributed by atoms with E-state index in [1.165, 1.54) is 11.8 Å². The van der Waals surface area contributed by atoms with Crippen molar-refractivity contribution in [3.63, 3.8) is 0 Å². The number of likely N-dealkylation sites (tertiary alicyclic amines) is 1. The molecule has 2 atom stereocenters. The van der Waals surface area contributed by atoms with Crippen molar-refractivity contribution >= 4 is 12.0 Å². The minimum absolute atomic E-state index is 0.00681. The quantitative estimate of drug-likeness (QED) is 0.405. The first-order valence-corrected chi connectivity index (χ1v) is 11.2. The maximum Gasteiger partial charge on any atom is 0.250 e. The van der Waals surface area contributed by atoms with Crippen molar-refractivity contribution < 1.29 is 27.8 Å². The second kappa shape index (κ2) is 9.95. The van der Waals surface area contributed by atoms with E-state index in [4.69, 9.17) is 4.74 Å². The number of rotatable bonds is 6. The first-order valence-electron chi connectivity index (χ1n) is 11.2. The van der Waals surface area contributed by atoms with E-state index in [0.717, 1.165) is 29.1 Å². The maximum atomic E-state index is 13.9. The summed E-state index contributed by atoms with van der Waals surface area (Å²) < 4.78 is 48.6. The van der Waals surface area contributed by atoms with Gasteiger partial charge < -0.3 is 19.3 Å². The van der Waals surface area contributed by atoms with Crippen LogP contribution in [0, 0.1) is 24.4 Å². The SMILES string of the molecule is COc1cc(C=C2CCCN([C@H](c3cc(F)c(F)c(F)c3)[C@@H](C)O)C2=O)ccc1-n1cnc(C)c1. The number of benzene rings is 2. The molecule has 4 rings (SSSR count). The van der Waals surface area contributed by atoms with Gasteiger partial charge >= 0.3 is 0 Å². The molecule has 1 aromatic heterocycles. The van der Waals surface area contributed by atoms with E-state index in [-0.39, 0.29) is 18.0 Å². The average Bonchev–Trinajstić information content (AvgIpc) is 3.25. The molecule has 0 spiro atoms. The number of aliphatic hydroxyl groups excluding tert-OH is 1. The van der Waals surface area contributed by atoms with Gasteiger partial charge in [-0.05, 0) is 68.2 Å². The molecule has 1 N–H and O–H groups in total. The lowest BCUT2D eigenvalue weighted by atomic mass is 9.94. The van der Waals surface area contributed by atoms with Gasteiger partial charge in [-0.1, -0.05) is 6.07 Å². The Hall–Kier alpha value is -3.59. The van der Waals surface area contributed by atoms with E-state index in [9.17, 15) is 23.1 Å². The number of aryl methyl sites for hydroxylation is 1. The number of imidazole rings is 1. The standard InChI is InChI=1S/C26H26F3N3O3/c1-15-13-31(14-30-15)22-7-6-17(10-23(22)35-3)9-18-5-4-8-32(26(18)34)25(16(2)33)19-11-20(27)24(29)21(28)12-19/h6-7,9-14,16,25,33H,4-5,8H2,1-3H3/t16-,25+/m1/s1. The van der Waals surface area contributed by atoms with Gasteiger partial charge in [0.25, 0.3) is 0 Å². The van der Waals surface area contributed by atoms with Crippen LogP contribution in [0.15, 0.2) is 48.4 Å². The number of aliphatic hydroxyl groups is 1. The second-order valence-corrected chi connectivity index (χ2v) is 8.61. The predicted octanol–water partition coefficient (Wildman–Crippen LogP) is 4.73. The van der Waals surface area contributed by atoms with Gasteiger partial charge in [-0.25, -0.2) is 18.2 Å². The summed E-state index contributed by atoms with van der Waals surface area (Å²) in [4.78, 5) is 19.0. The molecule has 2 heterocycles. The van der Waals surface area contributed by atoms with Crippen LogP contribution in [-0.2, 0) is 4.79 Å². The summed E-state index contributed by atoms with van der Waals surface area (Å²) >= 11 is 0. The Morgan fingerprint density at radius 1 is 1.17 bits per heavy atom. The van der Waals surface area contributed by atoms with E-state index >= 15 is 0 Å². The smallest absolute Gasteiger partial charge is 0.250 e. The van der Waals surface area contributed by atoms with Gasteiger partial charge in [0.1, 0.15) is 5.75 Å². The zero-order valence-electron chi connectivity index (χ0n) is 19.6. The normalized spacial score (nSPS) is 17.1. The molecule has 1 aliphatic heterocycles. The van der Waals surface area contributed by atoms with Crippen LogP contribution in [-0.4, -0.2) is 45.2 Å². The van der Waals surface area contributed by atoms with Crippen LogP contribution in [0.3, 0.4) is 0 Å². The summed E-state index contributed by atoms with van der Waals surface area (Å²) in [7, 11) is 1.56. The number of hydrogen-bond donors (Lipinski definition) is 1. The number of aromatic nitrogens is 2. The molecule has 1 amide bonds. The third-order valence-electron chi connectivity index (χ3n) is 6.06. The van der Waals surface area contributed by atoms with Crippen molar-refractivity contribution in [2.45, 2.75) is 38.8 Å². The van der Waals surface area contributed by atoms with Gasteiger partial charge in [0.05, 0.1) is 37.0 Å². The van der Waals surface area contributed by atoms with E-state index < -0.39 is 29.6 Å². The third kappa shape index (κ3) is 4.95. The van der Waals surface area contributed by atoms with Crippen LogP contribution in [0.4, 0.5) is 13.2 Å². The molecular weight excluding hydrogens is 459 g/mol. The number of piperidine rings is 1. The predicted molar refractivity (Wildman–Crippen MR) is 125 cm³/mol. The Balaban J connectivity index is 1.66. The van der Waals surface area contributed by atoms with Crippen molar-refractivity contribution in [3.05, 3.63) is 82.7 Å². The average molecular weight is 486 g/mol. The molecule has 2 aromatic carbocycles. The molecular formula is C26H26F3N3O3. The number of carbonyl (C=O) groups is 1. The highest BCUT2D eigenvalue weighted by atomic mass is 19.2. The number of amides is 1. The van der Waals surface area contributed by atoms with Gasteiger partial charge in [0, 0.05) is 18.3 Å². The molecule has 1 fully saturated rings. The fraction of sp³-hybridized carbons (Fsp3) is 0.308. The van der Waals surface area contributed by atoms with E-state index in [0.29, 0.717) is 24.2 Å². The van der Waals surface area contributed by atoms with E-state index in [2.05, 4.69) is 4.98 Å². The number of ether oxygens (including phenoxy) is 1.